The Hall–Kier alpha value is -7.07. The predicted octanol–water partition coefficient (Wildman–Crippen LogP) is 17.3. The summed E-state index contributed by atoms with van der Waals surface area (Å²) in [5, 5.41) is -5.36. The SMILES string of the molecule is CC(C)c1cccc(C(C)C)c1N1C(=O)c2ccc3c4ccc5c6c(cc(C(F)(F)C(F)(F)C(F)(F)C(F)(F)C(F)(F)C(F)(F)C(F)(F)C(F)(F)F)c(c7ccc(c2c37)C1=O)c64)C(=O)N(c1c(C(C)C)cccc1C(C)C)C5=O. The standard InChI is InChI=1S/C56H41F17N2O4/c1-22(2)26-11-9-12-27(23(3)4)43(26)74-45(76)33-18-15-30-31-16-19-35-40-36(48(79)75(47(35)78)44-28(24(5)6)13-10-14-29(44)25(7)8)21-37(41(42(31)40)32-17-20-34(46(74)77)39(33)38(30)32)49(57,58)50(59,60)51(61,62)52(63,64)53(65,66)54(67,68)55(69,70)56(71,72)73/h9-25H,1-8H3. The summed E-state index contributed by atoms with van der Waals surface area (Å²) in [5.74, 6) is -65.9. The van der Waals surface area contributed by atoms with Crippen LogP contribution in [-0.4, -0.2) is 65.3 Å². The summed E-state index contributed by atoms with van der Waals surface area (Å²) in [4.78, 5) is 61.1. The fourth-order valence-corrected chi connectivity index (χ4v) is 10.9. The van der Waals surface area contributed by atoms with E-state index in [1.54, 1.807) is 73.6 Å². The van der Waals surface area contributed by atoms with Gasteiger partial charge in [-0.1, -0.05) is 110 Å². The minimum absolute atomic E-state index is 0.165. The molecule has 0 bridgehead atoms. The molecule has 418 valence electrons. The summed E-state index contributed by atoms with van der Waals surface area (Å²) in [6.07, 6.45) is -7.96. The zero-order chi connectivity index (χ0) is 58.9. The van der Waals surface area contributed by atoms with Crippen molar-refractivity contribution in [3.8, 4) is 0 Å². The van der Waals surface area contributed by atoms with Crippen LogP contribution in [0, 0.1) is 0 Å². The second kappa shape index (κ2) is 17.5. The highest BCUT2D eigenvalue weighted by Crippen LogP contribution is 2.66. The van der Waals surface area contributed by atoms with E-state index in [1.165, 1.54) is 30.3 Å². The van der Waals surface area contributed by atoms with E-state index in [1.807, 2.05) is 0 Å². The number of imide groups is 2. The molecule has 79 heavy (non-hydrogen) atoms. The van der Waals surface area contributed by atoms with Gasteiger partial charge in [0.1, 0.15) is 0 Å². The lowest BCUT2D eigenvalue weighted by Crippen LogP contribution is -2.74. The van der Waals surface area contributed by atoms with Crippen LogP contribution in [-0.2, 0) is 5.92 Å². The van der Waals surface area contributed by atoms with Crippen molar-refractivity contribution in [3.63, 3.8) is 0 Å². The molecule has 2 aliphatic rings. The van der Waals surface area contributed by atoms with Crippen LogP contribution in [0.25, 0.3) is 43.1 Å². The number of amides is 4. The van der Waals surface area contributed by atoms with Crippen LogP contribution in [0.3, 0.4) is 0 Å². The topological polar surface area (TPSA) is 74.8 Å². The summed E-state index contributed by atoms with van der Waals surface area (Å²) in [7, 11) is 0. The molecular formula is C56H41F17N2O4. The minimum Gasteiger partial charge on any atom is -0.268 e. The number of alkyl halides is 17. The molecule has 6 nitrogen and oxygen atoms in total. The Morgan fingerprint density at radius 1 is 0.329 bits per heavy atom. The molecule has 0 spiro atoms. The summed E-state index contributed by atoms with van der Waals surface area (Å²) in [5.41, 5.74) is -3.68. The van der Waals surface area contributed by atoms with Crippen LogP contribution in [0.5, 0.6) is 0 Å². The van der Waals surface area contributed by atoms with E-state index < -0.39 is 137 Å². The van der Waals surface area contributed by atoms with E-state index in [2.05, 4.69) is 0 Å². The first-order chi connectivity index (χ1) is 36.2. The maximum atomic E-state index is 17.5. The number of benzene rings is 7. The lowest BCUT2D eigenvalue weighted by atomic mass is 9.78. The molecule has 2 aliphatic heterocycles. The fraction of sp³-hybridized carbons (Fsp3) is 0.357. The average Bonchev–Trinajstić information content (AvgIpc) is 3.31. The Labute approximate surface area is 436 Å². The zero-order valence-electron chi connectivity index (χ0n) is 42.3. The maximum Gasteiger partial charge on any atom is 0.460 e. The maximum absolute atomic E-state index is 17.5. The number of para-hydroxylation sites is 2. The van der Waals surface area contributed by atoms with Crippen LogP contribution in [0.1, 0.15) is 148 Å². The first-order valence-electron chi connectivity index (χ1n) is 24.2. The van der Waals surface area contributed by atoms with Crippen molar-refractivity contribution < 1.29 is 93.8 Å². The Balaban J connectivity index is 1.40. The third kappa shape index (κ3) is 7.16. The summed E-state index contributed by atoms with van der Waals surface area (Å²) < 4.78 is 257. The molecule has 0 N–H and O–H groups in total. The molecule has 0 fully saturated rings. The molecule has 23 heteroatoms. The van der Waals surface area contributed by atoms with Crippen LogP contribution >= 0.6 is 0 Å². The van der Waals surface area contributed by atoms with E-state index in [4.69, 9.17) is 0 Å². The van der Waals surface area contributed by atoms with Crippen molar-refractivity contribution >= 4 is 78.1 Å². The molecule has 0 aliphatic carbocycles. The molecule has 7 aromatic carbocycles. The summed E-state index contributed by atoms with van der Waals surface area (Å²) >= 11 is 0. The summed E-state index contributed by atoms with van der Waals surface area (Å²) in [6, 6.07) is 15.3. The first kappa shape index (κ1) is 56.6. The van der Waals surface area contributed by atoms with Crippen LogP contribution in [0.15, 0.2) is 78.9 Å². The quantitative estimate of drug-likeness (QED) is 0.0499. The Bertz CT molecular complexity index is 3710. The van der Waals surface area contributed by atoms with Crippen molar-refractivity contribution in [2.24, 2.45) is 0 Å². The fourth-order valence-electron chi connectivity index (χ4n) is 10.9. The molecule has 0 saturated heterocycles. The van der Waals surface area contributed by atoms with Gasteiger partial charge in [0.05, 0.1) is 11.4 Å². The van der Waals surface area contributed by atoms with Gasteiger partial charge in [-0.15, -0.1) is 0 Å². The number of nitrogens with zero attached hydrogens (tertiary/aromatic N) is 2. The molecule has 0 unspecified atom stereocenters. The smallest absolute Gasteiger partial charge is 0.268 e. The van der Waals surface area contributed by atoms with Gasteiger partial charge < -0.3 is 0 Å². The predicted molar refractivity (Wildman–Crippen MR) is 259 cm³/mol. The lowest BCUT2D eigenvalue weighted by Gasteiger charge is -2.43. The van der Waals surface area contributed by atoms with Crippen molar-refractivity contribution in [1.82, 2.24) is 0 Å². The number of fused-ring (bicyclic) bond motifs is 2. The van der Waals surface area contributed by atoms with Gasteiger partial charge in [0.25, 0.3) is 23.6 Å². The first-order valence-corrected chi connectivity index (χ1v) is 24.2. The third-order valence-corrected chi connectivity index (χ3v) is 14.9. The highest BCUT2D eigenvalue weighted by Gasteiger charge is 2.95. The Morgan fingerprint density at radius 3 is 0.987 bits per heavy atom. The monoisotopic (exact) mass is 1130 g/mol. The number of hydrogen-bond acceptors (Lipinski definition) is 4. The number of rotatable bonds is 13. The van der Waals surface area contributed by atoms with Gasteiger partial charge in [0.15, 0.2) is 0 Å². The van der Waals surface area contributed by atoms with Crippen molar-refractivity contribution in [3.05, 3.63) is 129 Å². The van der Waals surface area contributed by atoms with Gasteiger partial charge in [0, 0.05) is 44.0 Å². The number of hydrogen-bond donors (Lipinski definition) is 0. The van der Waals surface area contributed by atoms with Crippen molar-refractivity contribution in [1.29, 1.82) is 0 Å². The number of carbonyl (C=O) groups excluding carboxylic acids is 4. The van der Waals surface area contributed by atoms with E-state index in [0.29, 0.717) is 16.0 Å². The average molecular weight is 1130 g/mol. The number of carbonyl (C=O) groups is 4. The Morgan fingerprint density at radius 2 is 0.633 bits per heavy atom. The van der Waals surface area contributed by atoms with E-state index >= 15 is 39.9 Å². The lowest BCUT2D eigenvalue weighted by molar-refractivity contribution is -0.462. The molecular weight excluding hydrogens is 1090 g/mol. The number of halogens is 17. The second-order valence-electron chi connectivity index (χ2n) is 20.9. The summed E-state index contributed by atoms with van der Waals surface area (Å²) in [6.45, 7) is 13.5. The Kier molecular flexibility index (Phi) is 12.5. The molecule has 9 rings (SSSR count). The van der Waals surface area contributed by atoms with Gasteiger partial charge in [0.2, 0.25) is 0 Å². The molecule has 0 saturated carbocycles. The van der Waals surface area contributed by atoms with E-state index in [0.717, 1.165) is 29.2 Å². The molecule has 4 amide bonds. The van der Waals surface area contributed by atoms with Crippen LogP contribution < -0.4 is 9.80 Å². The largest absolute Gasteiger partial charge is 0.460 e. The van der Waals surface area contributed by atoms with Gasteiger partial charge in [-0.2, -0.15) is 74.6 Å². The van der Waals surface area contributed by atoms with E-state index in [-0.39, 0.29) is 56.9 Å². The third-order valence-electron chi connectivity index (χ3n) is 14.9. The molecule has 2 heterocycles. The van der Waals surface area contributed by atoms with Gasteiger partial charge in [-0.3, -0.25) is 19.2 Å². The second-order valence-corrected chi connectivity index (χ2v) is 20.9. The number of anilines is 2. The normalized spacial score (nSPS) is 15.7. The van der Waals surface area contributed by atoms with E-state index in [9.17, 15) is 53.9 Å². The van der Waals surface area contributed by atoms with Gasteiger partial charge in [-0.05, 0) is 97.1 Å². The molecule has 0 atom stereocenters. The van der Waals surface area contributed by atoms with Crippen molar-refractivity contribution in [2.75, 3.05) is 9.80 Å². The van der Waals surface area contributed by atoms with Crippen molar-refractivity contribution in [2.45, 2.75) is 127 Å². The molecule has 7 aromatic rings. The minimum atomic E-state index is -8.93. The highest BCUT2D eigenvalue weighted by atomic mass is 19.4. The van der Waals surface area contributed by atoms with Gasteiger partial charge >= 0.3 is 47.6 Å². The zero-order valence-corrected chi connectivity index (χ0v) is 42.3. The van der Waals surface area contributed by atoms with Gasteiger partial charge in [-0.25, -0.2) is 9.80 Å². The molecule has 0 radical (unpaired) electrons. The van der Waals surface area contributed by atoms with Crippen LogP contribution in [0.4, 0.5) is 86.0 Å². The van der Waals surface area contributed by atoms with Crippen LogP contribution in [0.2, 0.25) is 0 Å². The molecule has 0 aromatic heterocycles. The highest BCUT2D eigenvalue weighted by molar-refractivity contribution is 6.46.